The highest BCUT2D eigenvalue weighted by Gasteiger charge is 2.47. The van der Waals surface area contributed by atoms with Gasteiger partial charge >= 0.3 is 6.09 Å². The Kier molecular flexibility index (Phi) is 5.22. The van der Waals surface area contributed by atoms with Gasteiger partial charge in [0.15, 0.2) is 5.11 Å². The third-order valence-electron chi connectivity index (χ3n) is 5.61. The third-order valence-corrected chi connectivity index (χ3v) is 5.97. The Balaban J connectivity index is 1.34. The second-order valence-electron chi connectivity index (χ2n) is 7.62. The standard InChI is InChI=1S/C22H25N3O2S/c1-17-7-5-6-10-19(17)23-20(28)24-13-11-22(12-14-24)16-25(21(26)27-22)15-18-8-3-2-4-9-18/h2-10H,11-16H2,1H3,(H,23,28). The molecule has 146 valence electrons. The number of nitrogens with zero attached hydrogens (tertiary/aromatic N) is 2. The van der Waals surface area contributed by atoms with Gasteiger partial charge in [0, 0.05) is 38.2 Å². The van der Waals surface area contributed by atoms with Crippen LogP contribution in [0.15, 0.2) is 54.6 Å². The predicted octanol–water partition coefficient (Wildman–Crippen LogP) is 4.18. The summed E-state index contributed by atoms with van der Waals surface area (Å²) in [6.07, 6.45) is 1.37. The molecule has 2 aromatic rings. The van der Waals surface area contributed by atoms with Crippen LogP contribution >= 0.6 is 12.2 Å². The molecule has 1 amide bonds. The Morgan fingerprint density at radius 2 is 1.79 bits per heavy atom. The van der Waals surface area contributed by atoms with Crippen LogP contribution in [-0.2, 0) is 11.3 Å². The summed E-state index contributed by atoms with van der Waals surface area (Å²) < 4.78 is 5.84. The second kappa shape index (κ2) is 7.80. The molecule has 0 saturated carbocycles. The number of thiocarbonyl (C=S) groups is 1. The number of piperidine rings is 1. The lowest BCUT2D eigenvalue weighted by Gasteiger charge is -2.38. The van der Waals surface area contributed by atoms with Crippen LogP contribution in [0.3, 0.4) is 0 Å². The molecule has 28 heavy (non-hydrogen) atoms. The number of nitrogens with one attached hydrogen (secondary N) is 1. The average molecular weight is 396 g/mol. The number of benzene rings is 2. The lowest BCUT2D eigenvalue weighted by Crippen LogP contribution is -2.49. The SMILES string of the molecule is Cc1ccccc1NC(=S)N1CCC2(CC1)CN(Cc1ccccc1)C(=O)O2. The van der Waals surface area contributed by atoms with Gasteiger partial charge in [0.1, 0.15) is 5.60 Å². The van der Waals surface area contributed by atoms with Crippen LogP contribution < -0.4 is 5.32 Å². The number of para-hydroxylation sites is 1. The maximum Gasteiger partial charge on any atom is 0.410 e. The molecule has 2 aliphatic heterocycles. The van der Waals surface area contributed by atoms with Gasteiger partial charge in [-0.1, -0.05) is 48.5 Å². The fraction of sp³-hybridized carbons (Fsp3) is 0.364. The maximum atomic E-state index is 12.4. The summed E-state index contributed by atoms with van der Waals surface area (Å²) in [6, 6.07) is 18.2. The summed E-state index contributed by atoms with van der Waals surface area (Å²) in [5.74, 6) is 0. The van der Waals surface area contributed by atoms with Crippen LogP contribution in [-0.4, -0.2) is 46.2 Å². The molecule has 2 saturated heterocycles. The fourth-order valence-electron chi connectivity index (χ4n) is 3.90. The number of carbonyl (C=O) groups excluding carboxylic acids is 1. The van der Waals surface area contributed by atoms with E-state index in [1.54, 1.807) is 0 Å². The zero-order chi connectivity index (χ0) is 19.6. The first kappa shape index (κ1) is 18.7. The van der Waals surface area contributed by atoms with Gasteiger partial charge in [-0.05, 0) is 36.3 Å². The van der Waals surface area contributed by atoms with Crippen molar-refractivity contribution in [2.24, 2.45) is 0 Å². The van der Waals surface area contributed by atoms with E-state index in [-0.39, 0.29) is 11.7 Å². The minimum atomic E-state index is -0.388. The number of amides is 1. The van der Waals surface area contributed by atoms with Crippen LogP contribution in [0.2, 0.25) is 0 Å². The smallest absolute Gasteiger partial charge is 0.410 e. The van der Waals surface area contributed by atoms with E-state index in [2.05, 4.69) is 23.2 Å². The molecule has 2 aliphatic rings. The molecule has 0 bridgehead atoms. The number of carbonyl (C=O) groups is 1. The van der Waals surface area contributed by atoms with E-state index in [9.17, 15) is 4.79 Å². The fourth-order valence-corrected chi connectivity index (χ4v) is 4.20. The van der Waals surface area contributed by atoms with Crippen molar-refractivity contribution in [1.82, 2.24) is 9.80 Å². The molecule has 0 radical (unpaired) electrons. The highest BCUT2D eigenvalue weighted by Crippen LogP contribution is 2.34. The zero-order valence-electron chi connectivity index (χ0n) is 16.1. The Morgan fingerprint density at radius 3 is 2.50 bits per heavy atom. The van der Waals surface area contributed by atoms with Gasteiger partial charge in [-0.2, -0.15) is 0 Å². The van der Waals surface area contributed by atoms with Crippen LogP contribution in [0, 0.1) is 6.92 Å². The lowest BCUT2D eigenvalue weighted by molar-refractivity contribution is 0.0152. The predicted molar refractivity (Wildman–Crippen MR) is 114 cm³/mol. The molecular weight excluding hydrogens is 370 g/mol. The van der Waals surface area contributed by atoms with Crippen molar-refractivity contribution in [3.63, 3.8) is 0 Å². The maximum absolute atomic E-state index is 12.4. The molecule has 1 N–H and O–H groups in total. The van der Waals surface area contributed by atoms with Crippen molar-refractivity contribution in [2.45, 2.75) is 31.9 Å². The minimum Gasteiger partial charge on any atom is -0.441 e. The molecule has 5 nitrogen and oxygen atoms in total. The Hall–Kier alpha value is -2.60. The molecule has 4 rings (SSSR count). The number of aryl methyl sites for hydroxylation is 1. The van der Waals surface area contributed by atoms with Gasteiger partial charge in [-0.25, -0.2) is 4.79 Å². The van der Waals surface area contributed by atoms with E-state index in [0.29, 0.717) is 13.1 Å². The van der Waals surface area contributed by atoms with Crippen molar-refractivity contribution < 1.29 is 9.53 Å². The topological polar surface area (TPSA) is 44.8 Å². The van der Waals surface area contributed by atoms with Gasteiger partial charge in [-0.15, -0.1) is 0 Å². The van der Waals surface area contributed by atoms with Crippen LogP contribution in [0.1, 0.15) is 24.0 Å². The van der Waals surface area contributed by atoms with E-state index >= 15 is 0 Å². The van der Waals surface area contributed by atoms with Crippen molar-refractivity contribution in [3.05, 3.63) is 65.7 Å². The first-order valence-corrected chi connectivity index (χ1v) is 10.1. The van der Waals surface area contributed by atoms with Gasteiger partial charge in [0.05, 0.1) is 6.54 Å². The number of ether oxygens (including phenoxy) is 1. The van der Waals surface area contributed by atoms with Crippen molar-refractivity contribution >= 4 is 29.1 Å². The van der Waals surface area contributed by atoms with E-state index < -0.39 is 0 Å². The Bertz CT molecular complexity index is 863. The van der Waals surface area contributed by atoms with Gasteiger partial charge in [-0.3, -0.25) is 4.90 Å². The highest BCUT2D eigenvalue weighted by atomic mass is 32.1. The van der Waals surface area contributed by atoms with Crippen LogP contribution in [0.4, 0.5) is 10.5 Å². The molecule has 0 aliphatic carbocycles. The summed E-state index contributed by atoms with van der Waals surface area (Å²) in [4.78, 5) is 16.4. The van der Waals surface area contributed by atoms with Crippen LogP contribution in [0.25, 0.3) is 0 Å². The molecule has 2 fully saturated rings. The monoisotopic (exact) mass is 395 g/mol. The molecule has 0 unspecified atom stereocenters. The molecule has 6 heteroatoms. The molecular formula is C22H25N3O2S. The molecule has 1 spiro atoms. The number of anilines is 1. The molecule has 0 atom stereocenters. The molecule has 2 aromatic carbocycles. The highest BCUT2D eigenvalue weighted by molar-refractivity contribution is 7.80. The van der Waals surface area contributed by atoms with Gasteiger partial charge in [0.2, 0.25) is 0 Å². The van der Waals surface area contributed by atoms with E-state index in [1.807, 2.05) is 53.4 Å². The van der Waals surface area contributed by atoms with Crippen molar-refractivity contribution in [2.75, 3.05) is 25.0 Å². The number of hydrogen-bond acceptors (Lipinski definition) is 3. The molecule has 2 heterocycles. The summed E-state index contributed by atoms with van der Waals surface area (Å²) >= 11 is 5.61. The summed E-state index contributed by atoms with van der Waals surface area (Å²) in [6.45, 7) is 4.87. The first-order chi connectivity index (χ1) is 13.5. The largest absolute Gasteiger partial charge is 0.441 e. The Morgan fingerprint density at radius 1 is 1.11 bits per heavy atom. The third kappa shape index (κ3) is 3.97. The average Bonchev–Trinajstić information content (AvgIpc) is 2.99. The zero-order valence-corrected chi connectivity index (χ0v) is 16.9. The summed E-state index contributed by atoms with van der Waals surface area (Å²) in [5.41, 5.74) is 2.94. The summed E-state index contributed by atoms with van der Waals surface area (Å²) in [5, 5.41) is 4.08. The van der Waals surface area contributed by atoms with Crippen molar-refractivity contribution in [3.8, 4) is 0 Å². The summed E-state index contributed by atoms with van der Waals surface area (Å²) in [7, 11) is 0. The van der Waals surface area contributed by atoms with E-state index in [0.717, 1.165) is 42.3 Å². The lowest BCUT2D eigenvalue weighted by atomic mass is 9.91. The quantitative estimate of drug-likeness (QED) is 0.790. The van der Waals surface area contributed by atoms with E-state index in [1.165, 1.54) is 5.56 Å². The van der Waals surface area contributed by atoms with Crippen molar-refractivity contribution in [1.29, 1.82) is 0 Å². The molecule has 0 aromatic heterocycles. The second-order valence-corrected chi connectivity index (χ2v) is 8.01. The normalized spacial score (nSPS) is 18.2. The van der Waals surface area contributed by atoms with E-state index in [4.69, 9.17) is 17.0 Å². The minimum absolute atomic E-state index is 0.210. The number of rotatable bonds is 3. The Labute approximate surface area is 171 Å². The van der Waals surface area contributed by atoms with Gasteiger partial charge < -0.3 is 15.0 Å². The number of likely N-dealkylation sites (tertiary alicyclic amines) is 1. The van der Waals surface area contributed by atoms with Gasteiger partial charge in [0.25, 0.3) is 0 Å². The number of hydrogen-bond donors (Lipinski definition) is 1. The first-order valence-electron chi connectivity index (χ1n) is 9.68. The van der Waals surface area contributed by atoms with Crippen LogP contribution in [0.5, 0.6) is 0 Å².